The molecular formula is C10H8O5. The van der Waals surface area contributed by atoms with Crippen molar-refractivity contribution in [3.05, 3.63) is 35.4 Å². The summed E-state index contributed by atoms with van der Waals surface area (Å²) in [5.41, 5.74) is 0.0789. The van der Waals surface area contributed by atoms with Gasteiger partial charge in [0.1, 0.15) is 5.75 Å². The Balaban J connectivity index is 3.17. The molecule has 1 aromatic carbocycles. The van der Waals surface area contributed by atoms with Crippen molar-refractivity contribution >= 4 is 18.0 Å². The zero-order valence-corrected chi connectivity index (χ0v) is 7.54. The molecule has 5 nitrogen and oxygen atoms in total. The summed E-state index contributed by atoms with van der Waals surface area (Å²) in [6, 6.07) is 3.68. The van der Waals surface area contributed by atoms with Gasteiger partial charge in [0.15, 0.2) is 0 Å². The van der Waals surface area contributed by atoms with Crippen molar-refractivity contribution in [2.75, 3.05) is 0 Å². The molecule has 0 aliphatic carbocycles. The number of carboxylic acid groups (broad SMARTS) is 2. The lowest BCUT2D eigenvalue weighted by atomic mass is 10.1. The molecule has 0 fully saturated rings. The fraction of sp³-hybridized carbons (Fsp3) is 0. The molecular weight excluding hydrogens is 200 g/mol. The Morgan fingerprint density at radius 1 is 1.20 bits per heavy atom. The molecule has 0 aliphatic rings. The molecule has 0 aliphatic heterocycles. The Morgan fingerprint density at radius 2 is 1.87 bits per heavy atom. The SMILES string of the molecule is O=C(O)/C=C/c1ccc(O)cc1C(=O)O. The molecule has 15 heavy (non-hydrogen) atoms. The first-order chi connectivity index (χ1) is 7.00. The van der Waals surface area contributed by atoms with Gasteiger partial charge in [-0.2, -0.15) is 0 Å². The van der Waals surface area contributed by atoms with Crippen LogP contribution in [-0.4, -0.2) is 27.3 Å². The van der Waals surface area contributed by atoms with Gasteiger partial charge >= 0.3 is 11.9 Å². The minimum absolute atomic E-state index is 0.146. The minimum Gasteiger partial charge on any atom is -0.508 e. The molecule has 1 rings (SSSR count). The molecule has 0 atom stereocenters. The van der Waals surface area contributed by atoms with Gasteiger partial charge in [-0.05, 0) is 23.8 Å². The van der Waals surface area contributed by atoms with Gasteiger partial charge in [-0.1, -0.05) is 6.07 Å². The van der Waals surface area contributed by atoms with E-state index in [0.717, 1.165) is 18.2 Å². The number of aromatic hydroxyl groups is 1. The number of hydrogen-bond acceptors (Lipinski definition) is 3. The number of benzene rings is 1. The highest BCUT2D eigenvalue weighted by atomic mass is 16.4. The van der Waals surface area contributed by atoms with E-state index < -0.39 is 11.9 Å². The van der Waals surface area contributed by atoms with Gasteiger partial charge in [0.2, 0.25) is 0 Å². The molecule has 0 spiro atoms. The van der Waals surface area contributed by atoms with E-state index in [-0.39, 0.29) is 16.9 Å². The summed E-state index contributed by atoms with van der Waals surface area (Å²) in [6.07, 6.45) is 1.99. The number of rotatable bonds is 3. The fourth-order valence-corrected chi connectivity index (χ4v) is 1.04. The summed E-state index contributed by atoms with van der Waals surface area (Å²) in [7, 11) is 0. The highest BCUT2D eigenvalue weighted by molar-refractivity contribution is 5.94. The number of hydrogen-bond donors (Lipinski definition) is 3. The molecule has 0 radical (unpaired) electrons. The lowest BCUT2D eigenvalue weighted by Crippen LogP contribution is -1.99. The standard InChI is InChI=1S/C10H8O5/c11-7-3-1-6(2-4-9(12)13)8(5-7)10(14)15/h1-5,11H,(H,12,13)(H,14,15)/b4-2+. The number of phenolic OH excluding ortho intramolecular Hbond substituents is 1. The van der Waals surface area contributed by atoms with E-state index in [1.807, 2.05) is 0 Å². The third-order valence-corrected chi connectivity index (χ3v) is 1.67. The van der Waals surface area contributed by atoms with Crippen LogP contribution >= 0.6 is 0 Å². The molecule has 5 heteroatoms. The predicted molar refractivity (Wildman–Crippen MR) is 51.7 cm³/mol. The summed E-state index contributed by atoms with van der Waals surface area (Å²) < 4.78 is 0. The van der Waals surface area contributed by atoms with Crippen LogP contribution in [0.5, 0.6) is 5.75 Å². The molecule has 0 amide bonds. The van der Waals surface area contributed by atoms with Crippen LogP contribution in [0, 0.1) is 0 Å². The highest BCUT2D eigenvalue weighted by Crippen LogP contribution is 2.17. The van der Waals surface area contributed by atoms with Crippen molar-refractivity contribution in [3.8, 4) is 5.75 Å². The van der Waals surface area contributed by atoms with Crippen LogP contribution in [-0.2, 0) is 4.79 Å². The van der Waals surface area contributed by atoms with Crippen LogP contribution < -0.4 is 0 Å². The number of carboxylic acids is 2. The first-order valence-corrected chi connectivity index (χ1v) is 3.98. The van der Waals surface area contributed by atoms with Gasteiger partial charge in [-0.25, -0.2) is 9.59 Å². The fourth-order valence-electron chi connectivity index (χ4n) is 1.04. The summed E-state index contributed by atoms with van der Waals surface area (Å²) in [6.45, 7) is 0. The van der Waals surface area contributed by atoms with Crippen molar-refractivity contribution in [3.63, 3.8) is 0 Å². The maximum absolute atomic E-state index is 10.7. The van der Waals surface area contributed by atoms with Crippen LogP contribution in [0.2, 0.25) is 0 Å². The Bertz CT molecular complexity index is 433. The van der Waals surface area contributed by atoms with Gasteiger partial charge < -0.3 is 15.3 Å². The van der Waals surface area contributed by atoms with E-state index in [2.05, 4.69) is 0 Å². The normalized spacial score (nSPS) is 10.4. The van der Waals surface area contributed by atoms with Crippen molar-refractivity contribution in [1.29, 1.82) is 0 Å². The predicted octanol–water partition coefficient (Wildman–Crippen LogP) is 1.19. The van der Waals surface area contributed by atoms with E-state index >= 15 is 0 Å². The summed E-state index contributed by atoms with van der Waals surface area (Å²) >= 11 is 0. The van der Waals surface area contributed by atoms with Crippen LogP contribution in [0.4, 0.5) is 0 Å². The number of carbonyl (C=O) groups is 2. The van der Waals surface area contributed by atoms with Gasteiger partial charge in [0, 0.05) is 6.08 Å². The topological polar surface area (TPSA) is 94.8 Å². The van der Waals surface area contributed by atoms with Gasteiger partial charge in [0.25, 0.3) is 0 Å². The van der Waals surface area contributed by atoms with E-state index in [4.69, 9.17) is 15.3 Å². The first kappa shape index (κ1) is 10.8. The van der Waals surface area contributed by atoms with Crippen molar-refractivity contribution < 1.29 is 24.9 Å². The maximum atomic E-state index is 10.7. The third kappa shape index (κ3) is 2.84. The Hall–Kier alpha value is -2.30. The second-order valence-electron chi connectivity index (χ2n) is 2.75. The molecule has 3 N–H and O–H groups in total. The van der Waals surface area contributed by atoms with Crippen LogP contribution in [0.15, 0.2) is 24.3 Å². The Kier molecular flexibility index (Phi) is 3.07. The van der Waals surface area contributed by atoms with Crippen LogP contribution in [0.25, 0.3) is 6.08 Å². The lowest BCUT2D eigenvalue weighted by molar-refractivity contribution is -0.131. The summed E-state index contributed by atoms with van der Waals surface area (Å²) in [4.78, 5) is 21.0. The van der Waals surface area contributed by atoms with E-state index in [1.165, 1.54) is 12.1 Å². The quantitative estimate of drug-likeness (QED) is 0.648. The Labute approximate surface area is 84.9 Å². The molecule has 0 aromatic heterocycles. The van der Waals surface area contributed by atoms with Crippen molar-refractivity contribution in [1.82, 2.24) is 0 Å². The molecule has 78 valence electrons. The molecule has 0 saturated carbocycles. The minimum atomic E-state index is -1.23. The Morgan fingerprint density at radius 3 is 2.40 bits per heavy atom. The van der Waals surface area contributed by atoms with Crippen LogP contribution in [0.3, 0.4) is 0 Å². The average Bonchev–Trinajstić information content (AvgIpc) is 2.15. The van der Waals surface area contributed by atoms with E-state index in [0.29, 0.717) is 0 Å². The molecule has 0 saturated heterocycles. The summed E-state index contributed by atoms with van der Waals surface area (Å²) in [5.74, 6) is -2.57. The number of aliphatic carboxylic acids is 1. The van der Waals surface area contributed by atoms with Gasteiger partial charge in [-0.15, -0.1) is 0 Å². The van der Waals surface area contributed by atoms with Crippen LogP contribution in [0.1, 0.15) is 15.9 Å². The lowest BCUT2D eigenvalue weighted by Gasteiger charge is -2.01. The van der Waals surface area contributed by atoms with E-state index in [1.54, 1.807) is 0 Å². The first-order valence-electron chi connectivity index (χ1n) is 3.98. The molecule has 0 unspecified atom stereocenters. The second kappa shape index (κ2) is 4.28. The maximum Gasteiger partial charge on any atom is 0.336 e. The highest BCUT2D eigenvalue weighted by Gasteiger charge is 2.08. The smallest absolute Gasteiger partial charge is 0.336 e. The zero-order chi connectivity index (χ0) is 11.4. The molecule has 0 heterocycles. The van der Waals surface area contributed by atoms with Gasteiger partial charge in [-0.3, -0.25) is 0 Å². The van der Waals surface area contributed by atoms with Gasteiger partial charge in [0.05, 0.1) is 5.56 Å². The average molecular weight is 208 g/mol. The number of phenols is 1. The monoisotopic (exact) mass is 208 g/mol. The van der Waals surface area contributed by atoms with Crippen molar-refractivity contribution in [2.24, 2.45) is 0 Å². The molecule has 0 bridgehead atoms. The van der Waals surface area contributed by atoms with Crippen molar-refractivity contribution in [2.45, 2.75) is 0 Å². The summed E-state index contributed by atoms with van der Waals surface area (Å²) in [5, 5.41) is 26.2. The number of aromatic carboxylic acids is 1. The molecule has 1 aromatic rings. The largest absolute Gasteiger partial charge is 0.508 e. The third-order valence-electron chi connectivity index (χ3n) is 1.67. The zero-order valence-electron chi connectivity index (χ0n) is 7.54. The second-order valence-corrected chi connectivity index (χ2v) is 2.75. The van der Waals surface area contributed by atoms with E-state index in [9.17, 15) is 9.59 Å².